The molecule has 0 spiro atoms. The quantitative estimate of drug-likeness (QED) is 0.831. The number of nitriles is 1. The van der Waals surface area contributed by atoms with E-state index < -0.39 is 24.5 Å². The van der Waals surface area contributed by atoms with Crippen LogP contribution in [0, 0.1) is 17.2 Å². The molecule has 86 valence electrons. The Morgan fingerprint density at radius 2 is 2.31 bits per heavy atom. The van der Waals surface area contributed by atoms with Gasteiger partial charge in [0.1, 0.15) is 0 Å². The third-order valence-corrected chi connectivity index (χ3v) is 1.84. The molecule has 16 heavy (non-hydrogen) atoms. The molecule has 1 heterocycles. The molecule has 0 saturated heterocycles. The molecule has 0 aliphatic rings. The summed E-state index contributed by atoms with van der Waals surface area (Å²) in [5, 5.41) is 11.8. The Balaban J connectivity index is 2.80. The number of aromatic nitrogens is 2. The molecule has 0 bridgehead atoms. The monoisotopic (exact) mass is 232 g/mol. The Morgan fingerprint density at radius 1 is 1.69 bits per heavy atom. The average molecular weight is 232 g/mol. The smallest absolute Gasteiger partial charge is 0.366 e. The van der Waals surface area contributed by atoms with Gasteiger partial charge in [0.05, 0.1) is 24.4 Å². The molecular weight excluding hydrogens is 225 g/mol. The molecule has 0 aromatic carbocycles. The number of primary amides is 1. The largest absolute Gasteiger partial charge is 0.406 e. The van der Waals surface area contributed by atoms with Gasteiger partial charge in [0, 0.05) is 6.20 Å². The molecule has 1 aromatic heterocycles. The van der Waals surface area contributed by atoms with Gasteiger partial charge in [-0.3, -0.25) is 9.48 Å². The van der Waals surface area contributed by atoms with Gasteiger partial charge in [0.25, 0.3) is 5.91 Å². The Hall–Kier alpha value is -2.04. The molecule has 0 radical (unpaired) electrons. The van der Waals surface area contributed by atoms with Crippen molar-refractivity contribution in [2.75, 3.05) is 0 Å². The molecule has 1 atom stereocenters. The Labute approximate surface area is 88.3 Å². The zero-order valence-corrected chi connectivity index (χ0v) is 7.90. The maximum Gasteiger partial charge on any atom is 0.406 e. The molecule has 0 saturated carbocycles. The topological polar surface area (TPSA) is 84.7 Å². The summed E-state index contributed by atoms with van der Waals surface area (Å²) in [5.74, 6) is -2.94. The van der Waals surface area contributed by atoms with Crippen LogP contribution in [0.25, 0.3) is 0 Å². The van der Waals surface area contributed by atoms with Crippen molar-refractivity contribution in [3.8, 4) is 6.07 Å². The second-order valence-corrected chi connectivity index (χ2v) is 3.04. The first-order valence-electron chi connectivity index (χ1n) is 4.13. The van der Waals surface area contributed by atoms with Crippen LogP contribution >= 0.6 is 0 Å². The van der Waals surface area contributed by atoms with E-state index in [2.05, 4.69) is 5.10 Å². The van der Waals surface area contributed by atoms with Gasteiger partial charge in [-0.15, -0.1) is 0 Å². The van der Waals surface area contributed by atoms with Crippen LogP contribution in [-0.4, -0.2) is 21.9 Å². The lowest BCUT2D eigenvalue weighted by Gasteiger charge is -2.12. The van der Waals surface area contributed by atoms with Gasteiger partial charge in [-0.25, -0.2) is 0 Å². The number of rotatable bonds is 3. The molecule has 1 unspecified atom stereocenters. The summed E-state index contributed by atoms with van der Waals surface area (Å²) in [7, 11) is 0. The third kappa shape index (κ3) is 2.73. The average Bonchev–Trinajstić information content (AvgIpc) is 2.60. The van der Waals surface area contributed by atoms with Crippen molar-refractivity contribution in [3.63, 3.8) is 0 Å². The summed E-state index contributed by atoms with van der Waals surface area (Å²) < 4.78 is 37.5. The summed E-state index contributed by atoms with van der Waals surface area (Å²) in [4.78, 5) is 10.6. The van der Waals surface area contributed by atoms with E-state index in [9.17, 15) is 18.0 Å². The van der Waals surface area contributed by atoms with E-state index >= 15 is 0 Å². The highest BCUT2D eigenvalue weighted by Gasteiger charge is 2.40. The number of amides is 1. The van der Waals surface area contributed by atoms with Crippen LogP contribution in [0.1, 0.15) is 10.4 Å². The number of hydrogen-bond acceptors (Lipinski definition) is 3. The van der Waals surface area contributed by atoms with E-state index in [1.807, 2.05) is 0 Å². The zero-order valence-electron chi connectivity index (χ0n) is 7.90. The molecule has 2 N–H and O–H groups in total. The molecule has 1 amide bonds. The molecule has 5 nitrogen and oxygen atoms in total. The molecule has 0 fully saturated rings. The van der Waals surface area contributed by atoms with Crippen LogP contribution in [0.15, 0.2) is 12.4 Å². The van der Waals surface area contributed by atoms with Gasteiger partial charge in [-0.05, 0) is 0 Å². The number of nitrogens with two attached hydrogens (primary N) is 1. The third-order valence-electron chi connectivity index (χ3n) is 1.84. The van der Waals surface area contributed by atoms with E-state index in [1.54, 1.807) is 0 Å². The normalized spacial score (nSPS) is 13.1. The fourth-order valence-electron chi connectivity index (χ4n) is 0.995. The van der Waals surface area contributed by atoms with E-state index in [0.717, 1.165) is 23.1 Å². The van der Waals surface area contributed by atoms with E-state index in [1.165, 1.54) is 0 Å². The fourth-order valence-corrected chi connectivity index (χ4v) is 0.995. The summed E-state index contributed by atoms with van der Waals surface area (Å²) >= 11 is 0. The number of carbonyl (C=O) groups is 1. The Kier molecular flexibility index (Phi) is 3.17. The van der Waals surface area contributed by atoms with Gasteiger partial charge in [-0.1, -0.05) is 0 Å². The molecule has 0 aliphatic heterocycles. The van der Waals surface area contributed by atoms with Gasteiger partial charge >= 0.3 is 6.18 Å². The maximum absolute atomic E-state index is 12.2. The second kappa shape index (κ2) is 4.22. The summed E-state index contributed by atoms with van der Waals surface area (Å²) in [6, 6.07) is 1.13. The van der Waals surface area contributed by atoms with E-state index in [4.69, 9.17) is 11.0 Å². The van der Waals surface area contributed by atoms with Crippen LogP contribution in [-0.2, 0) is 6.54 Å². The first-order valence-corrected chi connectivity index (χ1v) is 4.13. The summed E-state index contributed by atoms with van der Waals surface area (Å²) in [6.45, 7) is -0.659. The first kappa shape index (κ1) is 12.0. The zero-order chi connectivity index (χ0) is 12.3. The summed E-state index contributed by atoms with van der Waals surface area (Å²) in [5.41, 5.74) is 4.90. The molecule has 1 aromatic rings. The minimum Gasteiger partial charge on any atom is -0.366 e. The fraction of sp³-hybridized carbons (Fsp3) is 0.375. The highest BCUT2D eigenvalue weighted by molar-refractivity contribution is 5.92. The maximum atomic E-state index is 12.2. The molecular formula is C8H7F3N4O. The van der Waals surface area contributed by atoms with Crippen molar-refractivity contribution in [3.05, 3.63) is 18.0 Å². The minimum atomic E-state index is -4.62. The van der Waals surface area contributed by atoms with Crippen molar-refractivity contribution >= 4 is 5.91 Å². The lowest BCUT2D eigenvalue weighted by molar-refractivity contribution is -0.162. The highest BCUT2D eigenvalue weighted by atomic mass is 19.4. The number of nitrogens with zero attached hydrogens (tertiary/aromatic N) is 3. The van der Waals surface area contributed by atoms with Gasteiger partial charge in [-0.2, -0.15) is 23.5 Å². The highest BCUT2D eigenvalue weighted by Crippen LogP contribution is 2.26. The van der Waals surface area contributed by atoms with Crippen LogP contribution in [0.3, 0.4) is 0 Å². The van der Waals surface area contributed by atoms with E-state index in [0.29, 0.717) is 0 Å². The minimum absolute atomic E-state index is 0.00105. The lowest BCUT2D eigenvalue weighted by Crippen LogP contribution is -2.26. The van der Waals surface area contributed by atoms with Crippen molar-refractivity contribution < 1.29 is 18.0 Å². The summed E-state index contributed by atoms with van der Waals surface area (Å²) in [6.07, 6.45) is -2.50. The van der Waals surface area contributed by atoms with Gasteiger partial charge in [0.15, 0.2) is 5.92 Å². The first-order chi connectivity index (χ1) is 7.34. The van der Waals surface area contributed by atoms with Crippen LogP contribution in [0.4, 0.5) is 13.2 Å². The SMILES string of the molecule is N#CC(Cn1cc(C(N)=O)cn1)C(F)(F)F. The standard InChI is InChI=1S/C8H7F3N4O/c9-8(10,11)6(1-12)4-15-3-5(2-14-15)7(13)16/h2-3,6H,4H2,(H2,13,16). The number of carbonyl (C=O) groups excluding carboxylic acids is 1. The number of hydrogen-bond donors (Lipinski definition) is 1. The van der Waals surface area contributed by atoms with Crippen LogP contribution < -0.4 is 5.73 Å². The van der Waals surface area contributed by atoms with Crippen molar-refractivity contribution in [1.82, 2.24) is 9.78 Å². The van der Waals surface area contributed by atoms with Crippen molar-refractivity contribution in [2.24, 2.45) is 11.7 Å². The second-order valence-electron chi connectivity index (χ2n) is 3.04. The van der Waals surface area contributed by atoms with Gasteiger partial charge < -0.3 is 5.73 Å². The van der Waals surface area contributed by atoms with Gasteiger partial charge in [0.2, 0.25) is 0 Å². The predicted molar refractivity (Wildman–Crippen MR) is 45.9 cm³/mol. The Bertz CT molecular complexity index is 431. The number of alkyl halides is 3. The van der Waals surface area contributed by atoms with Crippen molar-refractivity contribution in [1.29, 1.82) is 5.26 Å². The van der Waals surface area contributed by atoms with Crippen LogP contribution in [0.5, 0.6) is 0 Å². The van der Waals surface area contributed by atoms with Crippen molar-refractivity contribution in [2.45, 2.75) is 12.7 Å². The number of halogens is 3. The lowest BCUT2D eigenvalue weighted by atomic mass is 10.1. The van der Waals surface area contributed by atoms with E-state index in [-0.39, 0.29) is 5.56 Å². The predicted octanol–water partition coefficient (Wildman–Crippen LogP) is 0.684. The molecule has 1 rings (SSSR count). The molecule has 0 aliphatic carbocycles. The Morgan fingerprint density at radius 3 is 2.69 bits per heavy atom. The molecule has 8 heteroatoms. The van der Waals surface area contributed by atoms with Crippen LogP contribution in [0.2, 0.25) is 0 Å².